The van der Waals surface area contributed by atoms with Gasteiger partial charge in [0.05, 0.1) is 0 Å². The average Bonchev–Trinajstić information content (AvgIpc) is 2.47. The fourth-order valence-corrected chi connectivity index (χ4v) is 2.29. The van der Waals surface area contributed by atoms with Gasteiger partial charge in [0, 0.05) is 29.2 Å². The second-order valence-electron chi connectivity index (χ2n) is 4.46. The van der Waals surface area contributed by atoms with E-state index >= 15 is 0 Å². The van der Waals surface area contributed by atoms with Gasteiger partial charge < -0.3 is 10.3 Å². The molecule has 0 bridgehead atoms. The van der Waals surface area contributed by atoms with Gasteiger partial charge in [-0.25, -0.2) is 0 Å². The smallest absolute Gasteiger partial charge is 0.251 e. The summed E-state index contributed by atoms with van der Waals surface area (Å²) in [5, 5.41) is 3.57. The number of aromatic amines is 1. The molecule has 20 heavy (non-hydrogen) atoms. The van der Waals surface area contributed by atoms with Gasteiger partial charge in [0.25, 0.3) is 5.91 Å². The molecule has 1 aromatic carbocycles. The molecule has 1 heterocycles. The third-order valence-corrected chi connectivity index (χ3v) is 3.67. The van der Waals surface area contributed by atoms with Crippen molar-refractivity contribution in [3.8, 4) is 0 Å². The van der Waals surface area contributed by atoms with Gasteiger partial charge in [-0.15, -0.1) is 0 Å². The van der Waals surface area contributed by atoms with Crippen LogP contribution in [0.4, 0.5) is 0 Å². The van der Waals surface area contributed by atoms with Crippen LogP contribution in [0.2, 0.25) is 0 Å². The quantitative estimate of drug-likeness (QED) is 0.822. The Balaban J connectivity index is 2.03. The molecule has 0 saturated heterocycles. The number of pyridine rings is 1. The molecule has 0 aliphatic carbocycles. The van der Waals surface area contributed by atoms with Crippen LogP contribution in [0, 0.1) is 0 Å². The summed E-state index contributed by atoms with van der Waals surface area (Å²) < 4.78 is 0. The van der Waals surface area contributed by atoms with Crippen molar-refractivity contribution in [2.45, 2.75) is 12.5 Å². The molecule has 0 fully saturated rings. The topological polar surface area (TPSA) is 62.0 Å². The molecule has 2 rings (SSSR count). The average molecular weight is 335 g/mol. The number of hydrogen-bond donors (Lipinski definition) is 2. The molecule has 1 amide bonds. The molecule has 5 heteroatoms. The molecule has 0 aliphatic heterocycles. The van der Waals surface area contributed by atoms with Crippen LogP contribution in [0.5, 0.6) is 0 Å². The predicted octanol–water partition coefficient (Wildman–Crippen LogP) is 2.11. The van der Waals surface area contributed by atoms with Gasteiger partial charge >= 0.3 is 0 Å². The number of rotatable bonds is 5. The normalized spacial score (nSPS) is 11.8. The Hall–Kier alpha value is -1.88. The minimum absolute atomic E-state index is 0.0239. The first-order valence-corrected chi connectivity index (χ1v) is 7.40. The van der Waals surface area contributed by atoms with Crippen molar-refractivity contribution in [2.24, 2.45) is 0 Å². The first kappa shape index (κ1) is 14.5. The van der Waals surface area contributed by atoms with E-state index in [4.69, 9.17) is 0 Å². The third kappa shape index (κ3) is 4.06. The van der Waals surface area contributed by atoms with Crippen molar-refractivity contribution in [3.05, 3.63) is 70.1 Å². The van der Waals surface area contributed by atoms with Crippen LogP contribution in [0.25, 0.3) is 0 Å². The fraction of sp³-hybridized carbons (Fsp3) is 0.200. The number of carbonyl (C=O) groups excluding carboxylic acids is 1. The highest BCUT2D eigenvalue weighted by molar-refractivity contribution is 9.09. The maximum absolute atomic E-state index is 12.1. The van der Waals surface area contributed by atoms with E-state index in [2.05, 4.69) is 26.2 Å². The summed E-state index contributed by atoms with van der Waals surface area (Å²) in [5.41, 5.74) is 1.24. The zero-order valence-corrected chi connectivity index (χ0v) is 12.4. The molecule has 4 nitrogen and oxygen atoms in total. The van der Waals surface area contributed by atoms with Crippen molar-refractivity contribution in [3.63, 3.8) is 0 Å². The Labute approximate surface area is 125 Å². The minimum Gasteiger partial charge on any atom is -0.348 e. The van der Waals surface area contributed by atoms with Crippen molar-refractivity contribution in [1.29, 1.82) is 0 Å². The molecule has 0 aliphatic rings. The molecule has 0 saturated carbocycles. The summed E-state index contributed by atoms with van der Waals surface area (Å²) in [7, 11) is 0. The Morgan fingerprint density at radius 1 is 1.25 bits per heavy atom. The van der Waals surface area contributed by atoms with Gasteiger partial charge in [0.15, 0.2) is 0 Å². The first-order valence-electron chi connectivity index (χ1n) is 6.28. The van der Waals surface area contributed by atoms with Gasteiger partial charge in [-0.05, 0) is 18.1 Å². The SMILES string of the molecule is O=C(NC(CBr)Cc1ccccc1)c1cc[nH]c(=O)c1. The van der Waals surface area contributed by atoms with Gasteiger partial charge in [-0.2, -0.15) is 0 Å². The summed E-state index contributed by atoms with van der Waals surface area (Å²) in [6, 6.07) is 12.8. The maximum Gasteiger partial charge on any atom is 0.251 e. The zero-order valence-electron chi connectivity index (χ0n) is 10.8. The molecule has 104 valence electrons. The highest BCUT2D eigenvalue weighted by Gasteiger charge is 2.13. The second-order valence-corrected chi connectivity index (χ2v) is 5.10. The van der Waals surface area contributed by atoms with Gasteiger partial charge in [0.1, 0.15) is 0 Å². The van der Waals surface area contributed by atoms with E-state index in [0.29, 0.717) is 10.9 Å². The number of nitrogens with one attached hydrogen (secondary N) is 2. The molecule has 1 atom stereocenters. The molecule has 0 spiro atoms. The number of H-pyrrole nitrogens is 1. The Morgan fingerprint density at radius 2 is 2.00 bits per heavy atom. The van der Waals surface area contributed by atoms with Gasteiger partial charge in [-0.3, -0.25) is 9.59 Å². The summed E-state index contributed by atoms with van der Waals surface area (Å²) in [6.45, 7) is 0. The van der Waals surface area contributed by atoms with Crippen LogP contribution >= 0.6 is 15.9 Å². The lowest BCUT2D eigenvalue weighted by Crippen LogP contribution is -2.38. The molecular weight excluding hydrogens is 320 g/mol. The van der Waals surface area contributed by atoms with Crippen molar-refractivity contribution < 1.29 is 4.79 Å². The zero-order chi connectivity index (χ0) is 14.4. The molecule has 1 aromatic heterocycles. The maximum atomic E-state index is 12.1. The van der Waals surface area contributed by atoms with Crippen LogP contribution in [-0.2, 0) is 6.42 Å². The number of hydrogen-bond acceptors (Lipinski definition) is 2. The first-order chi connectivity index (χ1) is 9.69. The highest BCUT2D eigenvalue weighted by Crippen LogP contribution is 2.06. The van der Waals surface area contributed by atoms with E-state index in [-0.39, 0.29) is 17.5 Å². The molecule has 1 unspecified atom stereocenters. The molecule has 0 radical (unpaired) electrons. The van der Waals surface area contributed by atoms with Gasteiger partial charge in [-0.1, -0.05) is 46.3 Å². The van der Waals surface area contributed by atoms with E-state index in [1.165, 1.54) is 12.3 Å². The van der Waals surface area contributed by atoms with Crippen molar-refractivity contribution >= 4 is 21.8 Å². The van der Waals surface area contributed by atoms with Crippen molar-refractivity contribution in [2.75, 3.05) is 5.33 Å². The number of carbonyl (C=O) groups is 1. The lowest BCUT2D eigenvalue weighted by molar-refractivity contribution is 0.0941. The third-order valence-electron chi connectivity index (χ3n) is 2.88. The second kappa shape index (κ2) is 7.05. The highest BCUT2D eigenvalue weighted by atomic mass is 79.9. The standard InChI is InChI=1S/C15H15BrN2O2/c16-10-13(8-11-4-2-1-3-5-11)18-15(20)12-6-7-17-14(19)9-12/h1-7,9,13H,8,10H2,(H,17,19)(H,18,20). The van der Waals surface area contributed by atoms with Crippen molar-refractivity contribution in [1.82, 2.24) is 10.3 Å². The van der Waals surface area contributed by atoms with Crippen LogP contribution in [0.1, 0.15) is 15.9 Å². The minimum atomic E-state index is -0.281. The van der Waals surface area contributed by atoms with Crippen LogP contribution in [0.15, 0.2) is 53.5 Å². The van der Waals surface area contributed by atoms with E-state index in [1.807, 2.05) is 30.3 Å². The summed E-state index contributed by atoms with van der Waals surface area (Å²) in [4.78, 5) is 25.8. The number of aromatic nitrogens is 1. The molecular formula is C15H15BrN2O2. The Kier molecular flexibility index (Phi) is 5.12. The Morgan fingerprint density at radius 3 is 2.65 bits per heavy atom. The number of alkyl halides is 1. The van der Waals surface area contributed by atoms with Crippen LogP contribution in [0.3, 0.4) is 0 Å². The number of amides is 1. The summed E-state index contributed by atoms with van der Waals surface area (Å²) >= 11 is 3.41. The fourth-order valence-electron chi connectivity index (χ4n) is 1.90. The van der Waals surface area contributed by atoms with E-state index in [0.717, 1.165) is 12.0 Å². The number of benzene rings is 1. The lowest BCUT2D eigenvalue weighted by Gasteiger charge is -2.16. The van der Waals surface area contributed by atoms with Crippen LogP contribution < -0.4 is 10.9 Å². The lowest BCUT2D eigenvalue weighted by atomic mass is 10.1. The molecule has 2 N–H and O–H groups in total. The van der Waals surface area contributed by atoms with Crippen LogP contribution in [-0.4, -0.2) is 22.3 Å². The molecule has 2 aromatic rings. The van der Waals surface area contributed by atoms with E-state index in [9.17, 15) is 9.59 Å². The monoisotopic (exact) mass is 334 g/mol. The largest absolute Gasteiger partial charge is 0.348 e. The number of halogens is 1. The summed E-state index contributed by atoms with van der Waals surface area (Å²) in [5.74, 6) is -0.239. The predicted molar refractivity (Wildman–Crippen MR) is 82.3 cm³/mol. The van der Waals surface area contributed by atoms with E-state index in [1.54, 1.807) is 6.07 Å². The summed E-state index contributed by atoms with van der Waals surface area (Å²) in [6.07, 6.45) is 2.21. The van der Waals surface area contributed by atoms with Gasteiger partial charge in [0.2, 0.25) is 5.56 Å². The van der Waals surface area contributed by atoms with E-state index < -0.39 is 0 Å². The Bertz CT molecular complexity index is 625.